The molecule has 0 bridgehead atoms. The third-order valence-electron chi connectivity index (χ3n) is 3.25. The lowest BCUT2D eigenvalue weighted by molar-refractivity contribution is 0.580. The molecule has 7 heteroatoms. The number of nitrogens with one attached hydrogen (secondary N) is 1. The molecule has 0 amide bonds. The van der Waals surface area contributed by atoms with Crippen LogP contribution in [0.4, 0.5) is 5.69 Å². The molecule has 0 aliphatic carbocycles. The van der Waals surface area contributed by atoms with E-state index < -0.39 is 10.0 Å². The highest BCUT2D eigenvalue weighted by Gasteiger charge is 2.19. The van der Waals surface area contributed by atoms with E-state index in [2.05, 4.69) is 9.71 Å². The highest BCUT2D eigenvalue weighted by atomic mass is 35.5. The zero-order valence-electron chi connectivity index (χ0n) is 11.7. The normalized spacial score (nSPS) is 11.6. The molecule has 2 aromatic rings. The smallest absolute Gasteiger partial charge is 0.241 e. The number of nitrogens with zero attached hydrogens (tertiary/aromatic N) is 1. The lowest BCUT2D eigenvalue weighted by atomic mass is 10.2. The SMILES string of the molecule is Cc1ccncc1CNS(=O)(=O)c1cc(Cl)cc(N)c1C. The van der Waals surface area contributed by atoms with Crippen LogP contribution < -0.4 is 10.5 Å². The van der Waals surface area contributed by atoms with Crippen molar-refractivity contribution < 1.29 is 8.42 Å². The van der Waals surface area contributed by atoms with Crippen LogP contribution in [0.15, 0.2) is 35.5 Å². The van der Waals surface area contributed by atoms with Gasteiger partial charge in [-0.25, -0.2) is 13.1 Å². The maximum absolute atomic E-state index is 12.4. The maximum atomic E-state index is 12.4. The van der Waals surface area contributed by atoms with Crippen molar-refractivity contribution in [1.29, 1.82) is 0 Å². The molecular weight excluding hydrogens is 310 g/mol. The van der Waals surface area contributed by atoms with E-state index in [-0.39, 0.29) is 16.5 Å². The van der Waals surface area contributed by atoms with Gasteiger partial charge in [0.15, 0.2) is 0 Å². The minimum atomic E-state index is -3.69. The topological polar surface area (TPSA) is 85.1 Å². The molecule has 1 aromatic carbocycles. The van der Waals surface area contributed by atoms with Gasteiger partial charge in [-0.15, -0.1) is 0 Å². The third kappa shape index (κ3) is 3.53. The molecule has 0 aliphatic heterocycles. The number of pyridine rings is 1. The Labute approximate surface area is 129 Å². The van der Waals surface area contributed by atoms with Gasteiger partial charge in [0.1, 0.15) is 0 Å². The number of halogens is 1. The highest BCUT2D eigenvalue weighted by Crippen LogP contribution is 2.26. The van der Waals surface area contributed by atoms with Crippen LogP contribution in [0, 0.1) is 13.8 Å². The van der Waals surface area contributed by atoms with E-state index in [0.29, 0.717) is 11.3 Å². The number of hydrogen-bond acceptors (Lipinski definition) is 4. The molecule has 1 heterocycles. The van der Waals surface area contributed by atoms with Crippen molar-refractivity contribution >= 4 is 27.3 Å². The van der Waals surface area contributed by atoms with E-state index in [1.165, 1.54) is 12.1 Å². The zero-order chi connectivity index (χ0) is 15.6. The molecule has 0 atom stereocenters. The second-order valence-corrected chi connectivity index (χ2v) is 6.92. The van der Waals surface area contributed by atoms with Gasteiger partial charge in [-0.05, 0) is 48.7 Å². The number of aryl methyl sites for hydroxylation is 1. The van der Waals surface area contributed by atoms with Gasteiger partial charge in [-0.2, -0.15) is 0 Å². The summed E-state index contributed by atoms with van der Waals surface area (Å²) in [5.41, 5.74) is 8.37. The van der Waals surface area contributed by atoms with Crippen LogP contribution in [-0.2, 0) is 16.6 Å². The fourth-order valence-electron chi connectivity index (χ4n) is 1.89. The number of nitrogen functional groups attached to an aromatic ring is 1. The summed E-state index contributed by atoms with van der Waals surface area (Å²) >= 11 is 5.89. The van der Waals surface area contributed by atoms with Gasteiger partial charge in [-0.3, -0.25) is 4.98 Å². The minimum absolute atomic E-state index is 0.0917. The van der Waals surface area contributed by atoms with Crippen LogP contribution in [0.25, 0.3) is 0 Å². The Kier molecular flexibility index (Phi) is 4.51. The van der Waals surface area contributed by atoms with Gasteiger partial charge >= 0.3 is 0 Å². The lowest BCUT2D eigenvalue weighted by Gasteiger charge is -2.12. The van der Waals surface area contributed by atoms with E-state index in [0.717, 1.165) is 11.1 Å². The van der Waals surface area contributed by atoms with Crippen LogP contribution >= 0.6 is 11.6 Å². The van der Waals surface area contributed by atoms with E-state index in [1.807, 2.05) is 13.0 Å². The molecule has 0 radical (unpaired) electrons. The number of sulfonamides is 1. The Morgan fingerprint density at radius 1 is 1.33 bits per heavy atom. The highest BCUT2D eigenvalue weighted by molar-refractivity contribution is 7.89. The molecule has 0 saturated heterocycles. The maximum Gasteiger partial charge on any atom is 0.241 e. The zero-order valence-corrected chi connectivity index (χ0v) is 13.3. The molecule has 0 aliphatic rings. The second kappa shape index (κ2) is 6.01. The summed E-state index contributed by atoms with van der Waals surface area (Å²) in [5.74, 6) is 0. The Morgan fingerprint density at radius 3 is 2.71 bits per heavy atom. The Bertz CT molecular complexity index is 776. The number of nitrogens with two attached hydrogens (primary N) is 1. The molecule has 0 spiro atoms. The van der Waals surface area contributed by atoms with Crippen molar-refractivity contribution in [2.24, 2.45) is 0 Å². The lowest BCUT2D eigenvalue weighted by Crippen LogP contribution is -2.24. The summed E-state index contributed by atoms with van der Waals surface area (Å²) in [5, 5.41) is 0.288. The van der Waals surface area contributed by atoms with E-state index in [1.54, 1.807) is 19.3 Å². The quantitative estimate of drug-likeness (QED) is 0.845. The predicted octanol–water partition coefficient (Wildman–Crippen LogP) is 2.41. The molecule has 21 heavy (non-hydrogen) atoms. The molecule has 3 N–H and O–H groups in total. The van der Waals surface area contributed by atoms with E-state index >= 15 is 0 Å². The number of anilines is 1. The molecule has 0 saturated carbocycles. The van der Waals surface area contributed by atoms with E-state index in [9.17, 15) is 8.42 Å². The largest absolute Gasteiger partial charge is 0.398 e. The number of hydrogen-bond donors (Lipinski definition) is 2. The van der Waals surface area contributed by atoms with Gasteiger partial charge in [-0.1, -0.05) is 11.6 Å². The Hall–Kier alpha value is -1.63. The van der Waals surface area contributed by atoms with E-state index in [4.69, 9.17) is 17.3 Å². The van der Waals surface area contributed by atoms with Crippen LogP contribution in [0.1, 0.15) is 16.7 Å². The van der Waals surface area contributed by atoms with Crippen LogP contribution in [0.5, 0.6) is 0 Å². The molecule has 0 fully saturated rings. The number of benzene rings is 1. The van der Waals surface area contributed by atoms with Crippen molar-refractivity contribution in [3.8, 4) is 0 Å². The summed E-state index contributed by atoms with van der Waals surface area (Å²) in [7, 11) is -3.69. The van der Waals surface area contributed by atoms with Crippen molar-refractivity contribution in [3.05, 3.63) is 52.3 Å². The van der Waals surface area contributed by atoms with Crippen LogP contribution in [-0.4, -0.2) is 13.4 Å². The predicted molar refractivity (Wildman–Crippen MR) is 83.6 cm³/mol. The first-order chi connectivity index (χ1) is 9.81. The summed E-state index contributed by atoms with van der Waals surface area (Å²) in [6.45, 7) is 3.71. The Balaban J connectivity index is 2.30. The van der Waals surface area contributed by atoms with Gasteiger partial charge < -0.3 is 5.73 Å². The van der Waals surface area contributed by atoms with Crippen molar-refractivity contribution in [2.45, 2.75) is 25.3 Å². The standard InChI is InChI=1S/C14H16ClN3O2S/c1-9-3-4-17-7-11(9)8-18-21(19,20)14-6-12(15)5-13(16)10(14)2/h3-7,18H,8,16H2,1-2H3. The van der Waals surface area contributed by atoms with Gasteiger partial charge in [0.25, 0.3) is 0 Å². The van der Waals surface area contributed by atoms with Gasteiger partial charge in [0.05, 0.1) is 4.90 Å². The number of rotatable bonds is 4. The fraction of sp³-hybridized carbons (Fsp3) is 0.214. The van der Waals surface area contributed by atoms with Crippen molar-refractivity contribution in [3.63, 3.8) is 0 Å². The molecule has 1 aromatic heterocycles. The molecule has 5 nitrogen and oxygen atoms in total. The molecule has 112 valence electrons. The summed E-state index contributed by atoms with van der Waals surface area (Å²) < 4.78 is 27.3. The molecule has 2 rings (SSSR count). The van der Waals surface area contributed by atoms with Crippen molar-refractivity contribution in [1.82, 2.24) is 9.71 Å². The van der Waals surface area contributed by atoms with Crippen LogP contribution in [0.3, 0.4) is 0 Å². The molecular formula is C14H16ClN3O2S. The first-order valence-corrected chi connectivity index (χ1v) is 8.12. The summed E-state index contributed by atoms with van der Waals surface area (Å²) in [6, 6.07) is 4.75. The minimum Gasteiger partial charge on any atom is -0.398 e. The third-order valence-corrected chi connectivity index (χ3v) is 5.00. The monoisotopic (exact) mass is 325 g/mol. The average Bonchev–Trinajstić information content (AvgIpc) is 2.42. The second-order valence-electron chi connectivity index (χ2n) is 4.74. The van der Waals surface area contributed by atoms with Crippen molar-refractivity contribution in [2.75, 3.05) is 5.73 Å². The fourth-order valence-corrected chi connectivity index (χ4v) is 3.48. The van der Waals surface area contributed by atoms with Gasteiger partial charge in [0, 0.05) is 29.6 Å². The molecule has 0 unspecified atom stereocenters. The summed E-state index contributed by atoms with van der Waals surface area (Å²) in [4.78, 5) is 4.08. The van der Waals surface area contributed by atoms with Gasteiger partial charge in [0.2, 0.25) is 10.0 Å². The first-order valence-electron chi connectivity index (χ1n) is 6.26. The summed E-state index contributed by atoms with van der Waals surface area (Å²) in [6.07, 6.45) is 3.30. The van der Waals surface area contributed by atoms with Crippen LogP contribution in [0.2, 0.25) is 5.02 Å². The first kappa shape index (κ1) is 15.8. The average molecular weight is 326 g/mol. The Morgan fingerprint density at radius 2 is 2.05 bits per heavy atom. The number of aromatic nitrogens is 1.